The van der Waals surface area contributed by atoms with Crippen molar-refractivity contribution in [2.24, 2.45) is 5.92 Å². The number of hydrogen-bond acceptors (Lipinski definition) is 1. The molecule has 1 saturated carbocycles. The van der Waals surface area contributed by atoms with E-state index in [0.717, 1.165) is 37.4 Å². The molecule has 1 aliphatic rings. The molecule has 0 aromatic heterocycles. The fraction of sp³-hybridized carbons (Fsp3) is 0.571. The van der Waals surface area contributed by atoms with Gasteiger partial charge in [-0.2, -0.15) is 0 Å². The Bertz CT molecular complexity index is 399. The van der Waals surface area contributed by atoms with E-state index < -0.39 is 0 Å². The summed E-state index contributed by atoms with van der Waals surface area (Å²) in [5, 5.41) is 3.96. The zero-order valence-corrected chi connectivity index (χ0v) is 11.1. The average molecular weight is 256 g/mol. The molecule has 94 valence electrons. The van der Waals surface area contributed by atoms with Crippen LogP contribution in [0.5, 0.6) is 0 Å². The summed E-state index contributed by atoms with van der Waals surface area (Å²) in [6, 6.07) is 4.78. The molecule has 0 saturated heterocycles. The van der Waals surface area contributed by atoms with Gasteiger partial charge in [0.05, 0.1) is 0 Å². The van der Waals surface area contributed by atoms with E-state index in [9.17, 15) is 4.39 Å². The van der Waals surface area contributed by atoms with Crippen LogP contribution in [0.15, 0.2) is 18.2 Å². The Morgan fingerprint density at radius 1 is 1.47 bits per heavy atom. The van der Waals surface area contributed by atoms with Gasteiger partial charge >= 0.3 is 0 Å². The zero-order chi connectivity index (χ0) is 12.5. The third kappa shape index (κ3) is 2.48. The molecular formula is C14H19ClFN. The maximum Gasteiger partial charge on any atom is 0.124 e. The minimum Gasteiger partial charge on any atom is -0.316 e. The minimum atomic E-state index is -0.260. The highest BCUT2D eigenvalue weighted by molar-refractivity contribution is 6.31. The van der Waals surface area contributed by atoms with Crippen LogP contribution in [0.25, 0.3) is 0 Å². The van der Waals surface area contributed by atoms with Gasteiger partial charge in [0, 0.05) is 17.0 Å². The Morgan fingerprint density at radius 3 is 2.71 bits per heavy atom. The Hall–Kier alpha value is -0.600. The molecule has 0 bridgehead atoms. The first-order valence-corrected chi connectivity index (χ1v) is 6.61. The van der Waals surface area contributed by atoms with Gasteiger partial charge in [0.15, 0.2) is 0 Å². The third-order valence-corrected chi connectivity index (χ3v) is 4.01. The molecule has 0 radical (unpaired) electrons. The van der Waals surface area contributed by atoms with Crippen LogP contribution in [0.2, 0.25) is 5.02 Å². The van der Waals surface area contributed by atoms with Gasteiger partial charge in [-0.25, -0.2) is 4.39 Å². The number of rotatable bonds is 4. The third-order valence-electron chi connectivity index (χ3n) is 3.69. The standard InChI is InChI=1S/C14H19ClFN/c1-3-17-9-14(7-10(2)8-14)12-5-4-11(16)6-13(12)15/h4-6,10,17H,3,7-9H2,1-2H3. The fourth-order valence-electron chi connectivity index (χ4n) is 3.02. The second-order valence-corrected chi connectivity index (χ2v) is 5.61. The summed E-state index contributed by atoms with van der Waals surface area (Å²) in [6.07, 6.45) is 2.26. The summed E-state index contributed by atoms with van der Waals surface area (Å²) >= 11 is 6.19. The first-order valence-electron chi connectivity index (χ1n) is 6.23. The molecule has 0 heterocycles. The number of halogens is 2. The van der Waals surface area contributed by atoms with Crippen molar-refractivity contribution in [2.75, 3.05) is 13.1 Å². The van der Waals surface area contributed by atoms with Crippen LogP contribution in [-0.2, 0) is 5.41 Å². The van der Waals surface area contributed by atoms with Gasteiger partial charge < -0.3 is 5.32 Å². The lowest BCUT2D eigenvalue weighted by molar-refractivity contribution is 0.153. The van der Waals surface area contributed by atoms with E-state index in [1.54, 1.807) is 0 Å². The van der Waals surface area contributed by atoms with Crippen molar-refractivity contribution in [2.45, 2.75) is 32.1 Å². The molecule has 0 amide bonds. The first kappa shape index (κ1) is 12.8. The smallest absolute Gasteiger partial charge is 0.124 e. The highest BCUT2D eigenvalue weighted by Crippen LogP contribution is 2.49. The average Bonchev–Trinajstić information content (AvgIpc) is 2.23. The SMILES string of the molecule is CCNCC1(c2ccc(F)cc2Cl)CC(C)C1. The second kappa shape index (κ2) is 4.95. The van der Waals surface area contributed by atoms with Crippen LogP contribution in [0.1, 0.15) is 32.3 Å². The van der Waals surface area contributed by atoms with E-state index in [1.807, 2.05) is 6.07 Å². The summed E-state index contributed by atoms with van der Waals surface area (Å²) in [4.78, 5) is 0. The summed E-state index contributed by atoms with van der Waals surface area (Å²) in [6.45, 7) is 6.23. The maximum atomic E-state index is 13.1. The van der Waals surface area contributed by atoms with Crippen LogP contribution < -0.4 is 5.32 Å². The summed E-state index contributed by atoms with van der Waals surface area (Å²) in [7, 11) is 0. The normalized spacial score (nSPS) is 27.9. The molecule has 1 aromatic rings. The molecule has 1 N–H and O–H groups in total. The van der Waals surface area contributed by atoms with E-state index in [1.165, 1.54) is 12.1 Å². The van der Waals surface area contributed by atoms with Gasteiger partial charge in [0.25, 0.3) is 0 Å². The maximum absolute atomic E-state index is 13.1. The first-order chi connectivity index (χ1) is 8.07. The van der Waals surface area contributed by atoms with Gasteiger partial charge in [-0.05, 0) is 43.0 Å². The Kier molecular flexibility index (Phi) is 3.74. The van der Waals surface area contributed by atoms with Crippen molar-refractivity contribution in [1.82, 2.24) is 5.32 Å². The molecule has 17 heavy (non-hydrogen) atoms. The van der Waals surface area contributed by atoms with Gasteiger partial charge in [-0.15, -0.1) is 0 Å². The van der Waals surface area contributed by atoms with Crippen LogP contribution >= 0.6 is 11.6 Å². The lowest BCUT2D eigenvalue weighted by atomic mass is 9.59. The molecule has 0 aliphatic heterocycles. The van der Waals surface area contributed by atoms with E-state index in [-0.39, 0.29) is 11.2 Å². The molecule has 0 unspecified atom stereocenters. The van der Waals surface area contributed by atoms with E-state index >= 15 is 0 Å². The largest absolute Gasteiger partial charge is 0.316 e. The summed E-state index contributed by atoms with van der Waals surface area (Å²) in [5.41, 5.74) is 1.21. The molecule has 0 spiro atoms. The predicted molar refractivity (Wildman–Crippen MR) is 70.0 cm³/mol. The van der Waals surface area contributed by atoms with Crippen molar-refractivity contribution in [3.63, 3.8) is 0 Å². The zero-order valence-electron chi connectivity index (χ0n) is 10.4. The van der Waals surface area contributed by atoms with Gasteiger partial charge in [0.2, 0.25) is 0 Å². The van der Waals surface area contributed by atoms with Crippen LogP contribution in [0, 0.1) is 11.7 Å². The number of likely N-dealkylation sites (N-methyl/N-ethyl adjacent to an activating group) is 1. The van der Waals surface area contributed by atoms with Crippen LogP contribution in [-0.4, -0.2) is 13.1 Å². The van der Waals surface area contributed by atoms with Crippen molar-refractivity contribution >= 4 is 11.6 Å². The lowest BCUT2D eigenvalue weighted by Gasteiger charge is -2.47. The number of benzene rings is 1. The molecule has 1 aromatic carbocycles. The summed E-state index contributed by atoms with van der Waals surface area (Å²) < 4.78 is 13.1. The monoisotopic (exact) mass is 255 g/mol. The molecule has 1 fully saturated rings. The fourth-order valence-corrected chi connectivity index (χ4v) is 3.39. The molecule has 0 atom stereocenters. The topological polar surface area (TPSA) is 12.0 Å². The highest BCUT2D eigenvalue weighted by atomic mass is 35.5. The van der Waals surface area contributed by atoms with Crippen LogP contribution in [0.4, 0.5) is 4.39 Å². The quantitative estimate of drug-likeness (QED) is 0.864. The number of hydrogen-bond donors (Lipinski definition) is 1. The highest BCUT2D eigenvalue weighted by Gasteiger charge is 2.44. The lowest BCUT2D eigenvalue weighted by Crippen LogP contribution is -2.48. The van der Waals surface area contributed by atoms with E-state index in [2.05, 4.69) is 19.2 Å². The molecule has 3 heteroatoms. The van der Waals surface area contributed by atoms with E-state index in [4.69, 9.17) is 11.6 Å². The molecular weight excluding hydrogens is 237 g/mol. The van der Waals surface area contributed by atoms with Crippen molar-refractivity contribution in [3.05, 3.63) is 34.6 Å². The second-order valence-electron chi connectivity index (χ2n) is 5.20. The van der Waals surface area contributed by atoms with Crippen LogP contribution in [0.3, 0.4) is 0 Å². The molecule has 2 rings (SSSR count). The van der Waals surface area contributed by atoms with Gasteiger partial charge in [-0.3, -0.25) is 0 Å². The summed E-state index contributed by atoms with van der Waals surface area (Å²) in [5.74, 6) is 0.472. The number of nitrogens with one attached hydrogen (secondary N) is 1. The Labute approximate surface area is 107 Å². The van der Waals surface area contributed by atoms with Gasteiger partial charge in [-0.1, -0.05) is 31.5 Å². The molecule has 1 nitrogen and oxygen atoms in total. The minimum absolute atomic E-state index is 0.111. The van der Waals surface area contributed by atoms with E-state index in [0.29, 0.717) is 5.02 Å². The molecule has 1 aliphatic carbocycles. The van der Waals surface area contributed by atoms with Gasteiger partial charge in [0.1, 0.15) is 5.82 Å². The predicted octanol–water partition coefficient (Wildman–Crippen LogP) is 3.76. The van der Waals surface area contributed by atoms with Crippen molar-refractivity contribution in [1.29, 1.82) is 0 Å². The van der Waals surface area contributed by atoms with Crippen molar-refractivity contribution in [3.8, 4) is 0 Å². The van der Waals surface area contributed by atoms with Crippen molar-refractivity contribution < 1.29 is 4.39 Å². The Morgan fingerprint density at radius 2 is 2.18 bits per heavy atom. The Balaban J connectivity index is 2.26.